The predicted molar refractivity (Wildman–Crippen MR) is 78.2 cm³/mol. The summed E-state index contributed by atoms with van der Waals surface area (Å²) in [6.07, 6.45) is 0.645. The van der Waals surface area contributed by atoms with Crippen LogP contribution in [0.3, 0.4) is 0 Å². The summed E-state index contributed by atoms with van der Waals surface area (Å²) in [6, 6.07) is 8.04. The van der Waals surface area contributed by atoms with Gasteiger partial charge in [-0.15, -0.1) is 0 Å². The maximum absolute atomic E-state index is 12.2. The van der Waals surface area contributed by atoms with Crippen LogP contribution in [0, 0.1) is 12.8 Å². The normalized spacial score (nSPS) is 11.9. The number of hydrogen-bond acceptors (Lipinski definition) is 2. The van der Waals surface area contributed by atoms with Gasteiger partial charge in [0.2, 0.25) is 5.91 Å². The molecule has 1 rings (SSSR count). The quantitative estimate of drug-likeness (QED) is 0.830. The summed E-state index contributed by atoms with van der Waals surface area (Å²) in [5.41, 5.74) is 7.92. The second-order valence-electron chi connectivity index (χ2n) is 4.48. The van der Waals surface area contributed by atoms with Gasteiger partial charge in [-0.05, 0) is 24.5 Å². The molecule has 0 spiro atoms. The second-order valence-corrected chi connectivity index (χ2v) is 4.96. The number of nitrogens with two attached hydrogens (primary N) is 1. The summed E-state index contributed by atoms with van der Waals surface area (Å²) >= 11 is 4.93. The minimum absolute atomic E-state index is 0.00625. The van der Waals surface area contributed by atoms with E-state index in [2.05, 4.69) is 0 Å². The Labute approximate surface area is 114 Å². The third-order valence-corrected chi connectivity index (χ3v) is 3.38. The van der Waals surface area contributed by atoms with Gasteiger partial charge in [0.25, 0.3) is 0 Å². The van der Waals surface area contributed by atoms with E-state index < -0.39 is 0 Å². The van der Waals surface area contributed by atoms with Crippen LogP contribution in [0.5, 0.6) is 0 Å². The van der Waals surface area contributed by atoms with Crippen LogP contribution in [0.25, 0.3) is 0 Å². The lowest BCUT2D eigenvalue weighted by Crippen LogP contribution is -2.38. The van der Waals surface area contributed by atoms with Gasteiger partial charge < -0.3 is 10.6 Å². The van der Waals surface area contributed by atoms with Crippen LogP contribution in [0.4, 0.5) is 0 Å². The van der Waals surface area contributed by atoms with Gasteiger partial charge in [-0.1, -0.05) is 43.4 Å². The molecule has 1 amide bonds. The lowest BCUT2D eigenvalue weighted by Gasteiger charge is -2.23. The Balaban J connectivity index is 2.77. The highest BCUT2D eigenvalue weighted by atomic mass is 32.1. The van der Waals surface area contributed by atoms with E-state index in [-0.39, 0.29) is 16.8 Å². The van der Waals surface area contributed by atoms with Crippen LogP contribution in [0.15, 0.2) is 24.3 Å². The van der Waals surface area contributed by atoms with Gasteiger partial charge in [0, 0.05) is 13.6 Å². The van der Waals surface area contributed by atoms with Crippen LogP contribution >= 0.6 is 12.2 Å². The Morgan fingerprint density at radius 3 is 2.56 bits per heavy atom. The first-order valence-electron chi connectivity index (χ1n) is 6.06. The molecule has 0 saturated heterocycles. The predicted octanol–water partition coefficient (Wildman–Crippen LogP) is 2.27. The Kier molecular flexibility index (Phi) is 5.28. The molecule has 0 aromatic heterocycles. The zero-order valence-electron chi connectivity index (χ0n) is 11.1. The van der Waals surface area contributed by atoms with Crippen molar-refractivity contribution in [2.45, 2.75) is 26.8 Å². The van der Waals surface area contributed by atoms with E-state index in [1.165, 1.54) is 5.56 Å². The SMILES string of the molecule is CCC(C(=O)N(C)Cc1ccccc1C)C(N)=S. The topological polar surface area (TPSA) is 46.3 Å². The van der Waals surface area contributed by atoms with E-state index in [0.29, 0.717) is 13.0 Å². The van der Waals surface area contributed by atoms with Crippen LogP contribution in [-0.4, -0.2) is 22.8 Å². The molecular weight excluding hydrogens is 244 g/mol. The average Bonchev–Trinajstić information content (AvgIpc) is 2.32. The van der Waals surface area contributed by atoms with Gasteiger partial charge in [-0.2, -0.15) is 0 Å². The standard InChI is InChI=1S/C14H20N2OS/c1-4-12(13(15)18)14(17)16(3)9-11-8-6-5-7-10(11)2/h5-8,12H,4,9H2,1-3H3,(H2,15,18). The highest BCUT2D eigenvalue weighted by molar-refractivity contribution is 7.80. The first-order valence-corrected chi connectivity index (χ1v) is 6.47. The molecule has 3 nitrogen and oxygen atoms in total. The van der Waals surface area contributed by atoms with E-state index in [1.54, 1.807) is 11.9 Å². The van der Waals surface area contributed by atoms with Crippen molar-refractivity contribution in [1.29, 1.82) is 0 Å². The molecule has 4 heteroatoms. The second kappa shape index (κ2) is 6.50. The van der Waals surface area contributed by atoms with Gasteiger partial charge >= 0.3 is 0 Å². The van der Waals surface area contributed by atoms with Crippen molar-refractivity contribution in [2.24, 2.45) is 11.7 Å². The van der Waals surface area contributed by atoms with Crippen molar-refractivity contribution in [3.8, 4) is 0 Å². The van der Waals surface area contributed by atoms with Gasteiger partial charge in [0.05, 0.1) is 10.9 Å². The van der Waals surface area contributed by atoms with E-state index in [4.69, 9.17) is 18.0 Å². The number of carbonyl (C=O) groups is 1. The highest BCUT2D eigenvalue weighted by Gasteiger charge is 2.22. The lowest BCUT2D eigenvalue weighted by atomic mass is 10.0. The van der Waals surface area contributed by atoms with Crippen molar-refractivity contribution in [3.05, 3.63) is 35.4 Å². The number of rotatable bonds is 5. The summed E-state index contributed by atoms with van der Waals surface area (Å²) in [7, 11) is 1.79. The summed E-state index contributed by atoms with van der Waals surface area (Å²) < 4.78 is 0. The third kappa shape index (κ3) is 3.53. The monoisotopic (exact) mass is 264 g/mol. The van der Waals surface area contributed by atoms with E-state index in [9.17, 15) is 4.79 Å². The van der Waals surface area contributed by atoms with Crippen LogP contribution in [-0.2, 0) is 11.3 Å². The zero-order chi connectivity index (χ0) is 13.7. The van der Waals surface area contributed by atoms with Crippen LogP contribution in [0.1, 0.15) is 24.5 Å². The number of thiocarbonyl (C=S) groups is 1. The molecular formula is C14H20N2OS. The maximum atomic E-state index is 12.2. The fourth-order valence-electron chi connectivity index (χ4n) is 1.88. The smallest absolute Gasteiger partial charge is 0.232 e. The van der Waals surface area contributed by atoms with Crippen molar-refractivity contribution < 1.29 is 4.79 Å². The molecule has 0 bridgehead atoms. The summed E-state index contributed by atoms with van der Waals surface area (Å²) in [4.78, 5) is 14.2. The lowest BCUT2D eigenvalue weighted by molar-refractivity contribution is -0.132. The first kappa shape index (κ1) is 14.6. The molecule has 0 aliphatic heterocycles. The highest BCUT2D eigenvalue weighted by Crippen LogP contribution is 2.13. The van der Waals surface area contributed by atoms with Gasteiger partial charge in [-0.3, -0.25) is 4.79 Å². The molecule has 2 N–H and O–H groups in total. The average molecular weight is 264 g/mol. The maximum Gasteiger partial charge on any atom is 0.232 e. The Morgan fingerprint density at radius 1 is 1.44 bits per heavy atom. The number of hydrogen-bond donors (Lipinski definition) is 1. The molecule has 1 unspecified atom stereocenters. The van der Waals surface area contributed by atoms with E-state index >= 15 is 0 Å². The largest absolute Gasteiger partial charge is 0.393 e. The molecule has 1 aromatic rings. The first-order chi connectivity index (χ1) is 8.47. The zero-order valence-corrected chi connectivity index (χ0v) is 12.0. The molecule has 0 fully saturated rings. The summed E-state index contributed by atoms with van der Waals surface area (Å²) in [5.74, 6) is -0.359. The Bertz CT molecular complexity index is 445. The van der Waals surface area contributed by atoms with Gasteiger partial charge in [0.1, 0.15) is 0 Å². The summed E-state index contributed by atoms with van der Waals surface area (Å²) in [5, 5.41) is 0. The van der Waals surface area contributed by atoms with Crippen molar-refractivity contribution >= 4 is 23.1 Å². The fourth-order valence-corrected chi connectivity index (χ4v) is 2.15. The third-order valence-electron chi connectivity index (χ3n) is 3.09. The van der Waals surface area contributed by atoms with Crippen LogP contribution in [0.2, 0.25) is 0 Å². The summed E-state index contributed by atoms with van der Waals surface area (Å²) in [6.45, 7) is 4.55. The van der Waals surface area contributed by atoms with E-state index in [1.807, 2.05) is 38.1 Å². The number of aryl methyl sites for hydroxylation is 1. The molecule has 98 valence electrons. The molecule has 1 atom stereocenters. The molecule has 0 aliphatic rings. The molecule has 0 saturated carbocycles. The molecule has 0 heterocycles. The van der Waals surface area contributed by atoms with Gasteiger partial charge in [0.15, 0.2) is 0 Å². The number of carbonyl (C=O) groups excluding carboxylic acids is 1. The fraction of sp³-hybridized carbons (Fsp3) is 0.429. The number of benzene rings is 1. The number of nitrogens with zero attached hydrogens (tertiary/aromatic N) is 1. The Morgan fingerprint density at radius 2 is 2.06 bits per heavy atom. The van der Waals surface area contributed by atoms with Crippen LogP contribution < -0.4 is 5.73 Å². The van der Waals surface area contributed by atoms with Crippen molar-refractivity contribution in [3.63, 3.8) is 0 Å². The van der Waals surface area contributed by atoms with Gasteiger partial charge in [-0.25, -0.2) is 0 Å². The molecule has 18 heavy (non-hydrogen) atoms. The minimum atomic E-state index is -0.353. The van der Waals surface area contributed by atoms with Crippen molar-refractivity contribution in [2.75, 3.05) is 7.05 Å². The minimum Gasteiger partial charge on any atom is -0.393 e. The Hall–Kier alpha value is -1.42. The molecule has 0 aliphatic carbocycles. The van der Waals surface area contributed by atoms with Crippen molar-refractivity contribution in [1.82, 2.24) is 4.90 Å². The van der Waals surface area contributed by atoms with E-state index in [0.717, 1.165) is 5.56 Å². The molecule has 0 radical (unpaired) electrons. The number of amides is 1. The molecule has 1 aromatic carbocycles.